The highest BCUT2D eigenvalue weighted by Crippen LogP contribution is 2.16. The number of rotatable bonds is 5. The molecule has 0 spiro atoms. The third kappa shape index (κ3) is 3.67. The highest BCUT2D eigenvalue weighted by Gasteiger charge is 2.19. The Hall–Kier alpha value is -1.67. The molecule has 1 rings (SSSR count). The lowest BCUT2D eigenvalue weighted by Crippen LogP contribution is -2.19. The number of amides is 1. The predicted molar refractivity (Wildman–Crippen MR) is 66.4 cm³/mol. The number of hydrogen-bond acceptors (Lipinski definition) is 7. The summed E-state index contributed by atoms with van der Waals surface area (Å²) in [4.78, 5) is 26.3. The quantitative estimate of drug-likeness (QED) is 0.278. The fourth-order valence-electron chi connectivity index (χ4n) is 0.989. The second-order valence-corrected chi connectivity index (χ2v) is 4.01. The van der Waals surface area contributed by atoms with Crippen molar-refractivity contribution < 1.29 is 19.5 Å². The number of thiazole rings is 1. The van der Waals surface area contributed by atoms with E-state index in [9.17, 15) is 9.59 Å². The molecule has 0 radical (unpaired) electrons. The van der Waals surface area contributed by atoms with E-state index in [0.29, 0.717) is 0 Å². The van der Waals surface area contributed by atoms with E-state index in [1.807, 2.05) is 0 Å². The number of carbonyl (C=O) groups excluding carboxylic acids is 2. The smallest absolute Gasteiger partial charge is 0.362 e. The van der Waals surface area contributed by atoms with E-state index < -0.39 is 11.9 Å². The third-order valence-electron chi connectivity index (χ3n) is 1.68. The Morgan fingerprint density at radius 2 is 2.39 bits per heavy atom. The first-order chi connectivity index (χ1) is 8.62. The van der Waals surface area contributed by atoms with Crippen LogP contribution < -0.4 is 5.32 Å². The maximum absolute atomic E-state index is 11.4. The molecule has 0 atom stereocenters. The van der Waals surface area contributed by atoms with Gasteiger partial charge >= 0.3 is 5.97 Å². The Morgan fingerprint density at radius 3 is 2.94 bits per heavy atom. The van der Waals surface area contributed by atoms with Crippen LogP contribution >= 0.6 is 22.9 Å². The van der Waals surface area contributed by atoms with Crippen molar-refractivity contribution in [1.29, 1.82) is 0 Å². The van der Waals surface area contributed by atoms with Crippen molar-refractivity contribution in [1.82, 2.24) is 4.98 Å². The molecule has 1 amide bonds. The summed E-state index contributed by atoms with van der Waals surface area (Å²) in [7, 11) is 0. The van der Waals surface area contributed by atoms with E-state index >= 15 is 0 Å². The first-order valence-corrected chi connectivity index (χ1v) is 6.24. The van der Waals surface area contributed by atoms with Gasteiger partial charge in [-0.1, -0.05) is 5.16 Å². The molecule has 0 saturated heterocycles. The van der Waals surface area contributed by atoms with Crippen molar-refractivity contribution in [3.63, 3.8) is 0 Å². The van der Waals surface area contributed by atoms with E-state index in [1.54, 1.807) is 6.92 Å². The number of carbonyl (C=O) groups is 2. The highest BCUT2D eigenvalue weighted by molar-refractivity contribution is 7.14. The number of nitrogens with one attached hydrogen (secondary N) is 1. The molecular formula is C9H10ClN3O4S. The van der Waals surface area contributed by atoms with Crippen molar-refractivity contribution in [3.05, 3.63) is 11.1 Å². The topological polar surface area (TPSA) is 101 Å². The lowest BCUT2D eigenvalue weighted by molar-refractivity contribution is -0.135. The molecule has 7 nitrogen and oxygen atoms in total. The summed E-state index contributed by atoms with van der Waals surface area (Å²) < 4.78 is 4.69. The first-order valence-electron chi connectivity index (χ1n) is 4.83. The summed E-state index contributed by atoms with van der Waals surface area (Å²) in [6.45, 7) is 1.78. The van der Waals surface area contributed by atoms with Crippen LogP contribution in [0.3, 0.4) is 0 Å². The Labute approximate surface area is 111 Å². The number of halogens is 1. The average molecular weight is 292 g/mol. The fourth-order valence-corrected chi connectivity index (χ4v) is 1.77. The third-order valence-corrected chi connectivity index (χ3v) is 2.68. The first kappa shape index (κ1) is 14.4. The van der Waals surface area contributed by atoms with Gasteiger partial charge in [0.15, 0.2) is 5.13 Å². The van der Waals surface area contributed by atoms with Crippen molar-refractivity contribution in [2.45, 2.75) is 6.92 Å². The summed E-state index contributed by atoms with van der Waals surface area (Å²) in [6.07, 6.45) is 0. The van der Waals surface area contributed by atoms with Gasteiger partial charge in [0, 0.05) is 5.38 Å². The summed E-state index contributed by atoms with van der Waals surface area (Å²) >= 11 is 6.39. The molecule has 0 aromatic carbocycles. The molecule has 0 fully saturated rings. The number of ether oxygens (including phenoxy) is 1. The molecule has 0 aliphatic heterocycles. The number of esters is 1. The van der Waals surface area contributed by atoms with Gasteiger partial charge in [0.2, 0.25) is 11.6 Å². The van der Waals surface area contributed by atoms with Gasteiger partial charge in [-0.15, -0.1) is 22.9 Å². The van der Waals surface area contributed by atoms with Gasteiger partial charge in [-0.25, -0.2) is 9.78 Å². The van der Waals surface area contributed by atoms with Gasteiger partial charge in [0.1, 0.15) is 11.6 Å². The van der Waals surface area contributed by atoms with Gasteiger partial charge in [-0.3, -0.25) is 4.79 Å². The largest absolute Gasteiger partial charge is 0.461 e. The fraction of sp³-hybridized carbons (Fsp3) is 0.333. The summed E-state index contributed by atoms with van der Waals surface area (Å²) in [5.74, 6) is -1.41. The highest BCUT2D eigenvalue weighted by atomic mass is 35.5. The van der Waals surface area contributed by atoms with Crippen LogP contribution in [0.15, 0.2) is 10.5 Å². The number of nitrogens with zero attached hydrogens (tertiary/aromatic N) is 2. The lowest BCUT2D eigenvalue weighted by Gasteiger charge is -2.00. The molecule has 0 aliphatic rings. The zero-order valence-corrected chi connectivity index (χ0v) is 10.9. The molecule has 1 heterocycles. The standard InChI is InChI=1S/C9H10ClN3O4S/c1-2-17-8(15)7(13-16)5-4-18-9(11-5)12-6(14)3-10/h4,16H,2-3H2,1H3,(H,11,12,14). The molecule has 2 N–H and O–H groups in total. The monoisotopic (exact) mass is 291 g/mol. The Kier molecular flexibility index (Phi) is 5.53. The molecule has 18 heavy (non-hydrogen) atoms. The maximum atomic E-state index is 11.4. The summed E-state index contributed by atoms with van der Waals surface area (Å²) in [6, 6.07) is 0. The molecule has 0 saturated carbocycles. The van der Waals surface area contributed by atoms with Crippen LogP contribution in [0, 0.1) is 0 Å². The second kappa shape index (κ2) is 6.92. The normalized spacial score (nSPS) is 11.1. The Morgan fingerprint density at radius 1 is 1.67 bits per heavy atom. The van der Waals surface area contributed by atoms with Crippen molar-refractivity contribution in [2.24, 2.45) is 5.16 Å². The molecule has 1 aromatic rings. The molecule has 98 valence electrons. The second-order valence-electron chi connectivity index (χ2n) is 2.89. The van der Waals surface area contributed by atoms with Gasteiger partial charge in [0.05, 0.1) is 6.61 Å². The maximum Gasteiger partial charge on any atom is 0.362 e. The predicted octanol–water partition coefficient (Wildman–Crippen LogP) is 1.06. The number of alkyl halides is 1. The van der Waals surface area contributed by atoms with Crippen LogP contribution in [-0.4, -0.2) is 40.3 Å². The van der Waals surface area contributed by atoms with E-state index in [4.69, 9.17) is 16.8 Å². The zero-order chi connectivity index (χ0) is 13.5. The minimum Gasteiger partial charge on any atom is -0.461 e. The number of anilines is 1. The average Bonchev–Trinajstić information content (AvgIpc) is 2.78. The van der Waals surface area contributed by atoms with Crippen molar-refractivity contribution in [3.8, 4) is 0 Å². The molecular weight excluding hydrogens is 282 g/mol. The number of aromatic nitrogens is 1. The van der Waals surface area contributed by atoms with Crippen LogP contribution in [0.25, 0.3) is 0 Å². The minimum atomic E-state index is -0.791. The van der Waals surface area contributed by atoms with Crippen LogP contribution in [0.2, 0.25) is 0 Å². The molecule has 0 aliphatic carbocycles. The van der Waals surface area contributed by atoms with Gasteiger partial charge in [0.25, 0.3) is 0 Å². The summed E-state index contributed by atoms with van der Waals surface area (Å²) in [5, 5.41) is 15.7. The van der Waals surface area contributed by atoms with Gasteiger partial charge in [-0.05, 0) is 6.92 Å². The lowest BCUT2D eigenvalue weighted by atomic mass is 10.3. The number of hydrogen-bond donors (Lipinski definition) is 2. The van der Waals surface area contributed by atoms with Gasteiger partial charge in [-0.2, -0.15) is 0 Å². The minimum absolute atomic E-state index is 0.117. The zero-order valence-electron chi connectivity index (χ0n) is 9.34. The molecule has 0 bridgehead atoms. The van der Waals surface area contributed by atoms with E-state index in [-0.39, 0.29) is 29.0 Å². The molecule has 9 heteroatoms. The van der Waals surface area contributed by atoms with Crippen LogP contribution in [0.1, 0.15) is 12.6 Å². The van der Waals surface area contributed by atoms with Crippen molar-refractivity contribution in [2.75, 3.05) is 17.8 Å². The van der Waals surface area contributed by atoms with E-state index in [0.717, 1.165) is 11.3 Å². The Bertz CT molecular complexity index is 474. The van der Waals surface area contributed by atoms with Crippen LogP contribution in [0.5, 0.6) is 0 Å². The van der Waals surface area contributed by atoms with Crippen LogP contribution in [-0.2, 0) is 14.3 Å². The molecule has 0 unspecified atom stereocenters. The summed E-state index contributed by atoms with van der Waals surface area (Å²) in [5.41, 5.74) is -0.203. The molecule has 1 aromatic heterocycles. The van der Waals surface area contributed by atoms with Crippen LogP contribution in [0.4, 0.5) is 5.13 Å². The number of oxime groups is 1. The van der Waals surface area contributed by atoms with Gasteiger partial charge < -0.3 is 15.3 Å². The SMILES string of the molecule is CCOC(=O)C(=NO)c1csc(NC(=O)CCl)n1. The van der Waals surface area contributed by atoms with E-state index in [1.165, 1.54) is 5.38 Å². The van der Waals surface area contributed by atoms with Crippen molar-refractivity contribution >= 4 is 45.7 Å². The Balaban J connectivity index is 2.83. The van der Waals surface area contributed by atoms with E-state index in [2.05, 4.69) is 20.2 Å².